The van der Waals surface area contributed by atoms with Crippen molar-refractivity contribution in [2.45, 2.75) is 20.4 Å². The monoisotopic (exact) mass is 419 g/mol. The molecule has 0 spiro atoms. The zero-order valence-corrected chi connectivity index (χ0v) is 17.7. The molecule has 1 amide bonds. The first-order valence-corrected chi connectivity index (χ1v) is 10.5. The fraction of sp³-hybridized carbons (Fsp3) is 0.348. The molecule has 2 aliphatic rings. The molecule has 2 aromatic carbocycles. The molecule has 0 saturated carbocycles. The van der Waals surface area contributed by atoms with E-state index < -0.39 is 0 Å². The Hall–Kier alpha value is -3.39. The lowest BCUT2D eigenvalue weighted by atomic mass is 10.1. The number of benzene rings is 2. The molecule has 3 heterocycles. The van der Waals surface area contributed by atoms with Gasteiger partial charge >= 0.3 is 0 Å². The van der Waals surface area contributed by atoms with Gasteiger partial charge in [0.15, 0.2) is 11.5 Å². The van der Waals surface area contributed by atoms with E-state index in [1.165, 1.54) is 0 Å². The molecule has 31 heavy (non-hydrogen) atoms. The third-order valence-electron chi connectivity index (χ3n) is 5.79. The zero-order valence-electron chi connectivity index (χ0n) is 17.7. The van der Waals surface area contributed by atoms with Crippen molar-refractivity contribution in [3.8, 4) is 11.5 Å². The predicted octanol–water partition coefficient (Wildman–Crippen LogP) is 3.07. The summed E-state index contributed by atoms with van der Waals surface area (Å²) in [5.41, 5.74) is 2.93. The second-order valence-corrected chi connectivity index (χ2v) is 7.93. The number of para-hydroxylation sites is 1. The Labute approximate surface area is 180 Å². The normalized spacial score (nSPS) is 16.0. The smallest absolute Gasteiger partial charge is 0.231 e. The maximum absolute atomic E-state index is 11.6. The molecule has 1 aromatic heterocycles. The van der Waals surface area contributed by atoms with E-state index in [1.54, 1.807) is 6.92 Å². The number of rotatable bonds is 4. The summed E-state index contributed by atoms with van der Waals surface area (Å²) in [5, 5.41) is 4.42. The van der Waals surface area contributed by atoms with Crippen molar-refractivity contribution in [2.75, 3.05) is 38.3 Å². The number of ether oxygens (including phenoxy) is 2. The van der Waals surface area contributed by atoms with Gasteiger partial charge in [-0.25, -0.2) is 9.97 Å². The van der Waals surface area contributed by atoms with Gasteiger partial charge in [0, 0.05) is 50.2 Å². The fourth-order valence-electron chi connectivity index (χ4n) is 4.04. The van der Waals surface area contributed by atoms with E-state index in [1.807, 2.05) is 35.2 Å². The van der Waals surface area contributed by atoms with Crippen LogP contribution in [0.15, 0.2) is 36.4 Å². The second-order valence-electron chi connectivity index (χ2n) is 7.93. The van der Waals surface area contributed by atoms with Crippen LogP contribution in [0.4, 0.5) is 11.5 Å². The van der Waals surface area contributed by atoms with Crippen LogP contribution in [0.1, 0.15) is 18.3 Å². The maximum Gasteiger partial charge on any atom is 0.231 e. The molecule has 0 bridgehead atoms. The Balaban J connectivity index is 1.43. The summed E-state index contributed by atoms with van der Waals surface area (Å²) in [5.74, 6) is 3.14. The molecule has 1 fully saturated rings. The Kier molecular flexibility index (Phi) is 5.07. The number of hydrogen-bond acceptors (Lipinski definition) is 7. The molecule has 160 valence electrons. The van der Waals surface area contributed by atoms with Crippen molar-refractivity contribution in [3.05, 3.63) is 47.8 Å². The lowest BCUT2D eigenvalue weighted by Crippen LogP contribution is -2.47. The van der Waals surface area contributed by atoms with Gasteiger partial charge in [0.2, 0.25) is 12.7 Å². The molecule has 0 atom stereocenters. The van der Waals surface area contributed by atoms with Gasteiger partial charge in [-0.15, -0.1) is 0 Å². The van der Waals surface area contributed by atoms with E-state index in [0.717, 1.165) is 71.5 Å². The van der Waals surface area contributed by atoms with Gasteiger partial charge in [-0.1, -0.05) is 12.1 Å². The molecular weight excluding hydrogens is 394 g/mol. The third kappa shape index (κ3) is 3.98. The first kappa shape index (κ1) is 19.6. The van der Waals surface area contributed by atoms with Crippen LogP contribution in [-0.2, 0) is 11.3 Å². The van der Waals surface area contributed by atoms with Crippen LogP contribution in [0.25, 0.3) is 10.9 Å². The molecule has 1 saturated heterocycles. The lowest BCUT2D eigenvalue weighted by molar-refractivity contribution is -0.130. The number of carbonyl (C=O) groups excluding carboxylic acids is 1. The van der Waals surface area contributed by atoms with Gasteiger partial charge < -0.3 is 19.7 Å². The molecular formula is C23H25N5O3. The van der Waals surface area contributed by atoms with Gasteiger partial charge in [-0.2, -0.15) is 0 Å². The fourth-order valence-corrected chi connectivity index (χ4v) is 4.04. The van der Waals surface area contributed by atoms with Crippen LogP contribution >= 0.6 is 0 Å². The van der Waals surface area contributed by atoms with E-state index in [0.29, 0.717) is 6.54 Å². The lowest BCUT2D eigenvalue weighted by Gasteiger charge is -2.33. The van der Waals surface area contributed by atoms with Gasteiger partial charge in [-0.3, -0.25) is 9.69 Å². The summed E-state index contributed by atoms with van der Waals surface area (Å²) in [6.07, 6.45) is 0. The molecule has 5 rings (SSSR count). The van der Waals surface area contributed by atoms with E-state index in [4.69, 9.17) is 19.4 Å². The standard InChI is InChI=1S/C23H25N5O3/c1-15-4-3-5-18-22(15)25-21(13-27-8-10-28(11-9-27)16(2)29)26-23(18)24-17-6-7-19-20(12-17)31-14-30-19/h3-7,12H,8-11,13-14H2,1-2H3,(H,24,25,26). The van der Waals surface area contributed by atoms with Crippen LogP contribution in [-0.4, -0.2) is 58.6 Å². The van der Waals surface area contributed by atoms with Gasteiger partial charge in [0.25, 0.3) is 0 Å². The number of anilines is 2. The summed E-state index contributed by atoms with van der Waals surface area (Å²) in [4.78, 5) is 25.5. The highest BCUT2D eigenvalue weighted by Gasteiger charge is 2.20. The minimum absolute atomic E-state index is 0.132. The summed E-state index contributed by atoms with van der Waals surface area (Å²) in [6.45, 7) is 7.70. The van der Waals surface area contributed by atoms with Crippen molar-refractivity contribution < 1.29 is 14.3 Å². The molecule has 1 N–H and O–H groups in total. The van der Waals surface area contributed by atoms with Gasteiger partial charge in [0.05, 0.1) is 12.1 Å². The van der Waals surface area contributed by atoms with Crippen LogP contribution in [0.5, 0.6) is 11.5 Å². The van der Waals surface area contributed by atoms with Gasteiger partial charge in [0.1, 0.15) is 11.6 Å². The van der Waals surface area contributed by atoms with Crippen LogP contribution < -0.4 is 14.8 Å². The summed E-state index contributed by atoms with van der Waals surface area (Å²) >= 11 is 0. The third-order valence-corrected chi connectivity index (χ3v) is 5.79. The van der Waals surface area contributed by atoms with Crippen molar-refractivity contribution in [1.82, 2.24) is 19.8 Å². The Bertz CT molecular complexity index is 1140. The predicted molar refractivity (Wildman–Crippen MR) is 118 cm³/mol. The van der Waals surface area contributed by atoms with Gasteiger partial charge in [-0.05, 0) is 30.7 Å². The van der Waals surface area contributed by atoms with Crippen LogP contribution in [0.2, 0.25) is 0 Å². The highest BCUT2D eigenvalue weighted by molar-refractivity contribution is 5.92. The van der Waals surface area contributed by atoms with E-state index in [-0.39, 0.29) is 12.7 Å². The number of nitrogens with zero attached hydrogens (tertiary/aromatic N) is 4. The molecule has 8 heteroatoms. The highest BCUT2D eigenvalue weighted by atomic mass is 16.7. The molecule has 0 aliphatic carbocycles. The number of hydrogen-bond donors (Lipinski definition) is 1. The zero-order chi connectivity index (χ0) is 21.4. The van der Waals surface area contributed by atoms with E-state index in [9.17, 15) is 4.79 Å². The average Bonchev–Trinajstić information content (AvgIpc) is 3.23. The Morgan fingerprint density at radius 2 is 1.87 bits per heavy atom. The topological polar surface area (TPSA) is 79.8 Å². The number of aryl methyl sites for hydroxylation is 1. The van der Waals surface area contributed by atoms with Crippen LogP contribution in [0.3, 0.4) is 0 Å². The molecule has 0 radical (unpaired) electrons. The van der Waals surface area contributed by atoms with Crippen molar-refractivity contribution >= 4 is 28.3 Å². The van der Waals surface area contributed by atoms with E-state index in [2.05, 4.69) is 23.2 Å². The SMILES string of the molecule is CC(=O)N1CCN(Cc2nc(Nc3ccc4c(c3)OCO4)c3cccc(C)c3n2)CC1. The first-order chi connectivity index (χ1) is 15.1. The highest BCUT2D eigenvalue weighted by Crippen LogP contribution is 2.36. The Morgan fingerprint density at radius 1 is 1.06 bits per heavy atom. The number of nitrogens with one attached hydrogen (secondary N) is 1. The number of piperazine rings is 1. The van der Waals surface area contributed by atoms with Crippen molar-refractivity contribution in [3.63, 3.8) is 0 Å². The number of carbonyl (C=O) groups is 1. The number of aromatic nitrogens is 2. The molecule has 8 nitrogen and oxygen atoms in total. The van der Waals surface area contributed by atoms with Crippen molar-refractivity contribution in [1.29, 1.82) is 0 Å². The molecule has 0 unspecified atom stereocenters. The Morgan fingerprint density at radius 3 is 2.68 bits per heavy atom. The summed E-state index contributed by atoms with van der Waals surface area (Å²) in [6, 6.07) is 11.9. The number of amides is 1. The largest absolute Gasteiger partial charge is 0.454 e. The minimum atomic E-state index is 0.132. The summed E-state index contributed by atoms with van der Waals surface area (Å²) < 4.78 is 10.9. The minimum Gasteiger partial charge on any atom is -0.454 e. The summed E-state index contributed by atoms with van der Waals surface area (Å²) in [7, 11) is 0. The van der Waals surface area contributed by atoms with Crippen LogP contribution in [0, 0.1) is 6.92 Å². The maximum atomic E-state index is 11.6. The van der Waals surface area contributed by atoms with E-state index >= 15 is 0 Å². The molecule has 2 aliphatic heterocycles. The first-order valence-electron chi connectivity index (χ1n) is 10.5. The quantitative estimate of drug-likeness (QED) is 0.696. The second kappa shape index (κ2) is 8.03. The molecule has 3 aromatic rings. The average molecular weight is 419 g/mol. The van der Waals surface area contributed by atoms with Crippen molar-refractivity contribution in [2.24, 2.45) is 0 Å². The number of fused-ring (bicyclic) bond motifs is 2.